The van der Waals surface area contributed by atoms with Crippen molar-refractivity contribution in [2.45, 2.75) is 33.0 Å². The number of rotatable bonds is 5. The van der Waals surface area contributed by atoms with E-state index in [-0.39, 0.29) is 18.0 Å². The first-order valence-electron chi connectivity index (χ1n) is 5.84. The van der Waals surface area contributed by atoms with Gasteiger partial charge in [0.15, 0.2) is 6.10 Å². The van der Waals surface area contributed by atoms with Gasteiger partial charge >= 0.3 is 5.97 Å². The van der Waals surface area contributed by atoms with E-state index in [1.54, 1.807) is 25.6 Å². The van der Waals surface area contributed by atoms with Crippen molar-refractivity contribution in [2.75, 3.05) is 12.9 Å². The molecule has 0 radical (unpaired) electrons. The number of hydrogen-bond acceptors (Lipinski definition) is 4. The predicted molar refractivity (Wildman–Crippen MR) is 70.9 cm³/mol. The molecular weight excluding hydrogens is 236 g/mol. The molecule has 0 aromatic carbocycles. The summed E-state index contributed by atoms with van der Waals surface area (Å²) in [5, 5.41) is 0. The van der Waals surface area contributed by atoms with Crippen molar-refractivity contribution in [3.8, 4) is 0 Å². The first-order valence-corrected chi connectivity index (χ1v) is 7.07. The molecule has 0 amide bonds. The standard InChI is InChI=1S/C13H20O3S/c1-5-15-13(14)10(3)16-12-7-6-11(17-4)8-9(12)2/h6-10,12H,5H2,1-4H3. The molecule has 0 N–H and O–H groups in total. The highest BCUT2D eigenvalue weighted by Gasteiger charge is 2.23. The first kappa shape index (κ1) is 14.3. The molecule has 0 spiro atoms. The average Bonchev–Trinajstić information content (AvgIpc) is 2.31. The number of thioether (sulfide) groups is 1. The van der Waals surface area contributed by atoms with Crippen LogP contribution in [0.25, 0.3) is 0 Å². The smallest absolute Gasteiger partial charge is 0.334 e. The molecule has 1 rings (SSSR count). The number of esters is 1. The number of hydrogen-bond donors (Lipinski definition) is 0. The summed E-state index contributed by atoms with van der Waals surface area (Å²) in [6.07, 6.45) is 7.68. The Balaban J connectivity index is 2.51. The van der Waals surface area contributed by atoms with Gasteiger partial charge in [-0.05, 0) is 20.1 Å². The second kappa shape index (κ2) is 6.87. The van der Waals surface area contributed by atoms with Crippen LogP contribution in [0.1, 0.15) is 20.8 Å². The molecule has 3 unspecified atom stereocenters. The highest BCUT2D eigenvalue weighted by atomic mass is 32.2. The van der Waals surface area contributed by atoms with Gasteiger partial charge in [0.05, 0.1) is 12.7 Å². The first-order chi connectivity index (χ1) is 8.08. The molecule has 0 aromatic rings. The van der Waals surface area contributed by atoms with Crippen molar-refractivity contribution >= 4 is 17.7 Å². The van der Waals surface area contributed by atoms with Crippen LogP contribution in [0.4, 0.5) is 0 Å². The molecular formula is C13H20O3S. The van der Waals surface area contributed by atoms with Gasteiger partial charge in [0.2, 0.25) is 0 Å². The van der Waals surface area contributed by atoms with Crippen LogP contribution in [0.2, 0.25) is 0 Å². The molecule has 0 aliphatic heterocycles. The Labute approximate surface area is 107 Å². The van der Waals surface area contributed by atoms with Crippen LogP contribution < -0.4 is 0 Å². The van der Waals surface area contributed by atoms with E-state index in [1.807, 2.05) is 18.4 Å². The van der Waals surface area contributed by atoms with E-state index >= 15 is 0 Å². The molecule has 4 heteroatoms. The van der Waals surface area contributed by atoms with Crippen molar-refractivity contribution in [1.29, 1.82) is 0 Å². The van der Waals surface area contributed by atoms with E-state index in [2.05, 4.69) is 13.0 Å². The lowest BCUT2D eigenvalue weighted by Crippen LogP contribution is -2.31. The van der Waals surface area contributed by atoms with Crippen molar-refractivity contribution < 1.29 is 14.3 Å². The second-order valence-corrected chi connectivity index (χ2v) is 4.87. The summed E-state index contributed by atoms with van der Waals surface area (Å²) in [7, 11) is 0. The van der Waals surface area contributed by atoms with E-state index in [0.29, 0.717) is 6.61 Å². The maximum Gasteiger partial charge on any atom is 0.334 e. The summed E-state index contributed by atoms with van der Waals surface area (Å²) in [5.74, 6) is -0.0212. The Hall–Kier alpha value is -0.740. The van der Waals surface area contributed by atoms with Crippen LogP contribution in [0.5, 0.6) is 0 Å². The molecule has 0 aromatic heterocycles. The molecule has 96 valence electrons. The van der Waals surface area contributed by atoms with Gasteiger partial charge < -0.3 is 9.47 Å². The van der Waals surface area contributed by atoms with Crippen molar-refractivity contribution in [3.05, 3.63) is 23.1 Å². The van der Waals surface area contributed by atoms with E-state index in [0.717, 1.165) is 0 Å². The third kappa shape index (κ3) is 4.21. The van der Waals surface area contributed by atoms with Crippen LogP contribution in [0, 0.1) is 5.92 Å². The second-order valence-electron chi connectivity index (χ2n) is 3.99. The fourth-order valence-corrected chi connectivity index (χ4v) is 2.20. The number of ether oxygens (including phenoxy) is 2. The van der Waals surface area contributed by atoms with E-state index in [1.165, 1.54) is 4.91 Å². The number of carbonyl (C=O) groups excluding carboxylic acids is 1. The summed E-state index contributed by atoms with van der Waals surface area (Å²) < 4.78 is 10.6. The Morgan fingerprint density at radius 2 is 2.29 bits per heavy atom. The SMILES string of the molecule is CCOC(=O)C(C)OC1C=CC(SC)=CC1C. The fourth-order valence-electron chi connectivity index (χ4n) is 1.63. The average molecular weight is 256 g/mol. The summed E-state index contributed by atoms with van der Waals surface area (Å²) in [4.78, 5) is 12.7. The normalized spacial score (nSPS) is 25.3. The Bertz CT molecular complexity index is 323. The quantitative estimate of drug-likeness (QED) is 0.709. The van der Waals surface area contributed by atoms with Crippen molar-refractivity contribution in [1.82, 2.24) is 0 Å². The highest BCUT2D eigenvalue weighted by molar-refractivity contribution is 8.02. The minimum absolute atomic E-state index is 0.0506. The molecule has 0 saturated carbocycles. The Morgan fingerprint density at radius 1 is 1.59 bits per heavy atom. The highest BCUT2D eigenvalue weighted by Crippen LogP contribution is 2.25. The lowest BCUT2D eigenvalue weighted by molar-refractivity contribution is -0.158. The largest absolute Gasteiger partial charge is 0.464 e. The summed E-state index contributed by atoms with van der Waals surface area (Å²) >= 11 is 1.71. The lowest BCUT2D eigenvalue weighted by atomic mass is 9.99. The number of carbonyl (C=O) groups is 1. The van der Waals surface area contributed by atoms with Gasteiger partial charge in [-0.25, -0.2) is 4.79 Å². The molecule has 0 bridgehead atoms. The van der Waals surface area contributed by atoms with Crippen LogP contribution in [-0.4, -0.2) is 31.0 Å². The fraction of sp³-hybridized carbons (Fsp3) is 0.615. The maximum absolute atomic E-state index is 11.5. The van der Waals surface area contributed by atoms with E-state index < -0.39 is 6.10 Å². The predicted octanol–water partition coefficient (Wildman–Crippen LogP) is 2.78. The topological polar surface area (TPSA) is 35.5 Å². The minimum atomic E-state index is -0.517. The van der Waals surface area contributed by atoms with E-state index in [4.69, 9.17) is 9.47 Å². The summed E-state index contributed by atoms with van der Waals surface area (Å²) in [5.41, 5.74) is 0. The van der Waals surface area contributed by atoms with Gasteiger partial charge in [0.1, 0.15) is 0 Å². The molecule has 17 heavy (non-hydrogen) atoms. The lowest BCUT2D eigenvalue weighted by Gasteiger charge is -2.25. The van der Waals surface area contributed by atoms with Gasteiger partial charge in [-0.1, -0.05) is 25.2 Å². The molecule has 3 atom stereocenters. The minimum Gasteiger partial charge on any atom is -0.464 e. The zero-order valence-electron chi connectivity index (χ0n) is 10.8. The summed E-state index contributed by atoms with van der Waals surface area (Å²) in [6.45, 7) is 6.00. The zero-order valence-corrected chi connectivity index (χ0v) is 11.6. The number of allylic oxidation sites excluding steroid dienone is 1. The van der Waals surface area contributed by atoms with Gasteiger partial charge in [-0.2, -0.15) is 0 Å². The summed E-state index contributed by atoms with van der Waals surface area (Å²) in [6, 6.07) is 0. The molecule has 3 nitrogen and oxygen atoms in total. The zero-order chi connectivity index (χ0) is 12.8. The maximum atomic E-state index is 11.5. The van der Waals surface area contributed by atoms with Gasteiger partial charge in [0.25, 0.3) is 0 Å². The van der Waals surface area contributed by atoms with Crippen LogP contribution in [0.15, 0.2) is 23.1 Å². The van der Waals surface area contributed by atoms with Gasteiger partial charge in [-0.15, -0.1) is 11.8 Å². The molecule has 1 aliphatic rings. The third-order valence-electron chi connectivity index (χ3n) is 2.61. The Kier molecular flexibility index (Phi) is 5.78. The van der Waals surface area contributed by atoms with Crippen molar-refractivity contribution in [2.24, 2.45) is 5.92 Å². The Morgan fingerprint density at radius 3 is 2.82 bits per heavy atom. The molecule has 0 fully saturated rings. The molecule has 1 aliphatic carbocycles. The molecule has 0 heterocycles. The van der Waals surface area contributed by atoms with Gasteiger partial charge in [0, 0.05) is 10.8 Å². The molecule has 0 saturated heterocycles. The van der Waals surface area contributed by atoms with Gasteiger partial charge in [-0.3, -0.25) is 0 Å². The van der Waals surface area contributed by atoms with Crippen LogP contribution in [-0.2, 0) is 14.3 Å². The van der Waals surface area contributed by atoms with Crippen molar-refractivity contribution in [3.63, 3.8) is 0 Å². The van der Waals surface area contributed by atoms with Crippen LogP contribution in [0.3, 0.4) is 0 Å². The third-order valence-corrected chi connectivity index (χ3v) is 3.35. The van der Waals surface area contributed by atoms with E-state index in [9.17, 15) is 4.79 Å². The monoisotopic (exact) mass is 256 g/mol. The van der Waals surface area contributed by atoms with Crippen LogP contribution >= 0.6 is 11.8 Å².